The Balaban J connectivity index is 1.78. The number of aliphatic carboxylic acids is 1. The fraction of sp³-hybridized carbons (Fsp3) is 0.240. The second kappa shape index (κ2) is 8.48. The molecule has 1 aromatic heterocycles. The molecular formula is C25H22F3N3O3. The molecule has 0 amide bonds. The molecule has 0 aliphatic rings. The van der Waals surface area contributed by atoms with Gasteiger partial charge in [0.25, 0.3) is 0 Å². The first-order valence-electron chi connectivity index (χ1n) is 10.5. The minimum atomic E-state index is -4.53. The number of aromatic nitrogens is 3. The molecule has 176 valence electrons. The summed E-state index contributed by atoms with van der Waals surface area (Å²) in [6.45, 7) is 6.09. The number of carboxylic acids is 1. The van der Waals surface area contributed by atoms with E-state index in [1.807, 2.05) is 45.0 Å². The van der Waals surface area contributed by atoms with E-state index < -0.39 is 23.8 Å². The monoisotopic (exact) mass is 469 g/mol. The van der Waals surface area contributed by atoms with Crippen LogP contribution in [-0.2, 0) is 16.4 Å². The van der Waals surface area contributed by atoms with E-state index in [2.05, 4.69) is 10.2 Å². The van der Waals surface area contributed by atoms with Gasteiger partial charge in [-0.15, -0.1) is 15.0 Å². The zero-order chi connectivity index (χ0) is 24.7. The predicted molar refractivity (Wildman–Crippen MR) is 120 cm³/mol. The van der Waals surface area contributed by atoms with Crippen LogP contribution in [0.3, 0.4) is 0 Å². The van der Waals surface area contributed by atoms with Crippen LogP contribution in [0, 0.1) is 0 Å². The Kier molecular flexibility index (Phi) is 5.80. The number of rotatable bonds is 5. The molecule has 0 bridgehead atoms. The zero-order valence-electron chi connectivity index (χ0n) is 18.7. The van der Waals surface area contributed by atoms with Crippen LogP contribution in [0.25, 0.3) is 16.7 Å². The van der Waals surface area contributed by atoms with Gasteiger partial charge in [-0.3, -0.25) is 0 Å². The van der Waals surface area contributed by atoms with Crippen LogP contribution in [0.5, 0.6) is 5.75 Å². The zero-order valence-corrected chi connectivity index (χ0v) is 18.7. The predicted octanol–water partition coefficient (Wildman–Crippen LogP) is 5.94. The second-order valence-corrected chi connectivity index (χ2v) is 8.87. The molecule has 1 heterocycles. The maximum absolute atomic E-state index is 12.9. The summed E-state index contributed by atoms with van der Waals surface area (Å²) in [4.78, 5) is 13.4. The molecule has 9 heteroatoms. The van der Waals surface area contributed by atoms with Crippen molar-refractivity contribution in [2.45, 2.75) is 38.5 Å². The topological polar surface area (TPSA) is 77.2 Å². The summed E-state index contributed by atoms with van der Waals surface area (Å²) in [7, 11) is 0. The summed E-state index contributed by atoms with van der Waals surface area (Å²) in [5.41, 5.74) is 1.63. The molecule has 4 aromatic rings. The molecule has 0 saturated carbocycles. The largest absolute Gasteiger partial charge is 0.478 e. The van der Waals surface area contributed by atoms with Gasteiger partial charge < -0.3 is 9.84 Å². The highest BCUT2D eigenvalue weighted by Crippen LogP contribution is 2.34. The number of hydrogen-bond acceptors (Lipinski definition) is 4. The van der Waals surface area contributed by atoms with Crippen molar-refractivity contribution in [2.75, 3.05) is 0 Å². The van der Waals surface area contributed by atoms with Crippen molar-refractivity contribution in [3.63, 3.8) is 0 Å². The molecule has 0 spiro atoms. The van der Waals surface area contributed by atoms with Gasteiger partial charge in [0.2, 0.25) is 6.10 Å². The Morgan fingerprint density at radius 3 is 1.97 bits per heavy atom. The van der Waals surface area contributed by atoms with Gasteiger partial charge in [-0.05, 0) is 47.4 Å². The van der Waals surface area contributed by atoms with Crippen molar-refractivity contribution in [1.82, 2.24) is 15.0 Å². The van der Waals surface area contributed by atoms with E-state index >= 15 is 0 Å². The Morgan fingerprint density at radius 2 is 1.47 bits per heavy atom. The van der Waals surface area contributed by atoms with Gasteiger partial charge >= 0.3 is 12.1 Å². The fourth-order valence-electron chi connectivity index (χ4n) is 3.44. The van der Waals surface area contributed by atoms with Crippen molar-refractivity contribution in [3.05, 3.63) is 83.4 Å². The average molecular weight is 469 g/mol. The molecule has 0 saturated heterocycles. The van der Waals surface area contributed by atoms with Crippen molar-refractivity contribution in [2.24, 2.45) is 0 Å². The highest BCUT2D eigenvalue weighted by Gasteiger charge is 2.31. The van der Waals surface area contributed by atoms with E-state index in [1.54, 1.807) is 18.2 Å². The molecule has 0 fully saturated rings. The van der Waals surface area contributed by atoms with Gasteiger partial charge in [-0.1, -0.05) is 51.1 Å². The normalized spacial score (nSPS) is 13.1. The van der Waals surface area contributed by atoms with Crippen molar-refractivity contribution >= 4 is 17.0 Å². The summed E-state index contributed by atoms with van der Waals surface area (Å²) in [5, 5.41) is 18.8. The summed E-state index contributed by atoms with van der Waals surface area (Å²) in [6.07, 6.45) is -6.06. The highest BCUT2D eigenvalue weighted by molar-refractivity contribution is 5.76. The van der Waals surface area contributed by atoms with Crippen LogP contribution in [0.2, 0.25) is 0 Å². The third-order valence-corrected chi connectivity index (χ3v) is 5.34. The summed E-state index contributed by atoms with van der Waals surface area (Å²) in [6, 6.07) is 16.4. The lowest BCUT2D eigenvalue weighted by atomic mass is 9.87. The number of fused-ring (bicyclic) bond motifs is 1. The maximum atomic E-state index is 12.9. The van der Waals surface area contributed by atoms with Crippen LogP contribution < -0.4 is 4.74 Å². The molecule has 0 radical (unpaired) electrons. The van der Waals surface area contributed by atoms with E-state index in [0.29, 0.717) is 16.7 Å². The lowest BCUT2D eigenvalue weighted by Gasteiger charge is -2.22. The number of nitrogens with zero attached hydrogens (tertiary/aromatic N) is 3. The highest BCUT2D eigenvalue weighted by atomic mass is 19.4. The maximum Gasteiger partial charge on any atom is 0.416 e. The number of hydrogen-bond donors (Lipinski definition) is 1. The molecule has 4 rings (SSSR count). The molecule has 34 heavy (non-hydrogen) atoms. The molecule has 1 N–H and O–H groups in total. The third kappa shape index (κ3) is 4.73. The van der Waals surface area contributed by atoms with Gasteiger partial charge in [0.1, 0.15) is 22.5 Å². The van der Waals surface area contributed by atoms with Gasteiger partial charge in [0.05, 0.1) is 5.56 Å². The van der Waals surface area contributed by atoms with E-state index in [-0.39, 0.29) is 16.7 Å². The number of benzene rings is 3. The Bertz CT molecular complexity index is 1310. The summed E-state index contributed by atoms with van der Waals surface area (Å²) < 4.78 is 44.6. The van der Waals surface area contributed by atoms with Crippen LogP contribution in [0.15, 0.2) is 66.7 Å². The van der Waals surface area contributed by atoms with Crippen LogP contribution in [-0.4, -0.2) is 26.1 Å². The molecular weight excluding hydrogens is 447 g/mol. The molecule has 0 aliphatic carbocycles. The van der Waals surface area contributed by atoms with Gasteiger partial charge in [0, 0.05) is 5.56 Å². The van der Waals surface area contributed by atoms with Gasteiger partial charge in [-0.25, -0.2) is 4.79 Å². The smallest absolute Gasteiger partial charge is 0.416 e. The van der Waals surface area contributed by atoms with E-state index in [1.165, 1.54) is 4.80 Å². The number of halogens is 3. The first kappa shape index (κ1) is 23.3. The SMILES string of the molecule is CC(C)(C)c1ccc(OC(C(=O)O)c2ccc(C(F)(F)F)cc2)c(-n2nc3ccccc3n2)c1. The van der Waals surface area contributed by atoms with Crippen molar-refractivity contribution in [1.29, 1.82) is 0 Å². The van der Waals surface area contributed by atoms with Crippen LogP contribution >= 0.6 is 0 Å². The van der Waals surface area contributed by atoms with Crippen molar-refractivity contribution in [3.8, 4) is 11.4 Å². The van der Waals surface area contributed by atoms with Gasteiger partial charge in [-0.2, -0.15) is 13.2 Å². The molecule has 3 aromatic carbocycles. The Hall–Kier alpha value is -3.88. The average Bonchev–Trinajstić information content (AvgIpc) is 3.20. The first-order chi connectivity index (χ1) is 15.9. The van der Waals surface area contributed by atoms with Gasteiger partial charge in [0.15, 0.2) is 0 Å². The molecule has 1 atom stereocenters. The minimum absolute atomic E-state index is 0.0740. The van der Waals surface area contributed by atoms with Crippen molar-refractivity contribution < 1.29 is 27.8 Å². The number of carboxylic acid groups (broad SMARTS) is 1. The summed E-state index contributed by atoms with van der Waals surface area (Å²) in [5.74, 6) is -1.16. The van der Waals surface area contributed by atoms with E-state index in [0.717, 1.165) is 29.8 Å². The minimum Gasteiger partial charge on any atom is -0.478 e. The molecule has 6 nitrogen and oxygen atoms in total. The lowest BCUT2D eigenvalue weighted by molar-refractivity contribution is -0.145. The van der Waals surface area contributed by atoms with E-state index in [9.17, 15) is 23.1 Å². The number of alkyl halides is 3. The second-order valence-electron chi connectivity index (χ2n) is 8.87. The third-order valence-electron chi connectivity index (χ3n) is 5.34. The van der Waals surface area contributed by atoms with Crippen LogP contribution in [0.4, 0.5) is 13.2 Å². The Labute approximate surface area is 193 Å². The standard InChI is InChI=1S/C25H22F3N3O3/c1-24(2,3)17-12-13-21(20(14-17)31-29-18-6-4-5-7-19(18)30-31)34-22(23(32)33)15-8-10-16(11-9-15)25(26,27)28/h4-14,22H,1-3H3,(H,32,33). The first-order valence-corrected chi connectivity index (χ1v) is 10.5. The number of ether oxygens (including phenoxy) is 1. The quantitative estimate of drug-likeness (QED) is 0.391. The molecule has 0 aliphatic heterocycles. The number of carbonyl (C=O) groups is 1. The lowest BCUT2D eigenvalue weighted by Crippen LogP contribution is -2.20. The molecule has 1 unspecified atom stereocenters. The summed E-state index contributed by atoms with van der Waals surface area (Å²) >= 11 is 0. The fourth-order valence-corrected chi connectivity index (χ4v) is 3.44. The van der Waals surface area contributed by atoms with E-state index in [4.69, 9.17) is 4.74 Å². The Morgan fingerprint density at radius 1 is 0.912 bits per heavy atom. The van der Waals surface area contributed by atoms with Crippen LogP contribution in [0.1, 0.15) is 43.6 Å².